The number of rotatable bonds is 0. The Morgan fingerprint density at radius 3 is 1.67 bits per heavy atom. The van der Waals surface area contributed by atoms with Crippen molar-refractivity contribution in [2.75, 3.05) is 0 Å². The molecule has 0 unspecified atom stereocenters. The van der Waals surface area contributed by atoms with Gasteiger partial charge in [-0.05, 0) is 20.3 Å². The van der Waals surface area contributed by atoms with Crippen LogP contribution in [0.1, 0.15) is 60.5 Å². The summed E-state index contributed by atoms with van der Waals surface area (Å²) < 4.78 is 0. The van der Waals surface area contributed by atoms with Gasteiger partial charge in [0.15, 0.2) is 0 Å². The summed E-state index contributed by atoms with van der Waals surface area (Å²) in [6.45, 7) is 16.2. The van der Waals surface area contributed by atoms with Crippen molar-refractivity contribution in [3.05, 3.63) is 71.8 Å². The highest BCUT2D eigenvalue weighted by atomic mass is 13.9. The maximum Gasteiger partial charge on any atom is -0.0163 e. The van der Waals surface area contributed by atoms with E-state index in [1.165, 1.54) is 11.1 Å². The van der Waals surface area contributed by atoms with Crippen molar-refractivity contribution in [2.24, 2.45) is 0 Å². The smallest absolute Gasteiger partial charge is 0.0163 e. The lowest BCUT2D eigenvalue weighted by molar-refractivity contribution is 1.40. The average Bonchev–Trinajstić information content (AvgIpc) is 2.82. The van der Waals surface area contributed by atoms with Gasteiger partial charge in [0.05, 0.1) is 0 Å². The van der Waals surface area contributed by atoms with Crippen molar-refractivity contribution in [1.82, 2.24) is 0 Å². The first-order chi connectivity index (χ1) is 10.3. The highest BCUT2D eigenvalue weighted by molar-refractivity contribution is 5.24. The van der Waals surface area contributed by atoms with Crippen LogP contribution in [0.3, 0.4) is 0 Å². The summed E-state index contributed by atoms with van der Waals surface area (Å²) >= 11 is 0. The second-order valence-electron chi connectivity index (χ2n) is 3.63. The summed E-state index contributed by atoms with van der Waals surface area (Å²) in [5, 5.41) is 0. The van der Waals surface area contributed by atoms with Crippen LogP contribution < -0.4 is 0 Å². The Morgan fingerprint density at radius 2 is 1.24 bits per heavy atom. The summed E-state index contributed by atoms with van der Waals surface area (Å²) in [4.78, 5) is 0. The SMILES string of the molecule is CC.CC.CC.CC1=CC=CCC=C1.Cc1ccccc1. The van der Waals surface area contributed by atoms with Gasteiger partial charge in [-0.3, -0.25) is 0 Å². The van der Waals surface area contributed by atoms with E-state index < -0.39 is 0 Å². The zero-order valence-electron chi connectivity index (χ0n) is 15.5. The molecule has 120 valence electrons. The lowest BCUT2D eigenvalue weighted by atomic mass is 10.2. The summed E-state index contributed by atoms with van der Waals surface area (Å²) in [7, 11) is 0. The van der Waals surface area contributed by atoms with Crippen molar-refractivity contribution in [2.45, 2.75) is 61.8 Å². The molecule has 1 aliphatic rings. The van der Waals surface area contributed by atoms with Crippen molar-refractivity contribution in [3.8, 4) is 0 Å². The van der Waals surface area contributed by atoms with Gasteiger partial charge >= 0.3 is 0 Å². The van der Waals surface area contributed by atoms with Crippen molar-refractivity contribution in [3.63, 3.8) is 0 Å². The van der Waals surface area contributed by atoms with E-state index in [1.807, 2.05) is 59.7 Å². The van der Waals surface area contributed by atoms with E-state index in [-0.39, 0.29) is 0 Å². The molecule has 1 aliphatic carbocycles. The predicted molar refractivity (Wildman–Crippen MR) is 102 cm³/mol. The Hall–Kier alpha value is -1.56. The molecule has 0 saturated heterocycles. The van der Waals surface area contributed by atoms with Crippen LogP contribution in [-0.2, 0) is 0 Å². The number of hydrogen-bond donors (Lipinski definition) is 0. The maximum atomic E-state index is 2.16. The van der Waals surface area contributed by atoms with Crippen LogP contribution in [0.4, 0.5) is 0 Å². The Balaban J connectivity index is -0.000000229. The fraction of sp³-hybridized carbons (Fsp3) is 0.429. The van der Waals surface area contributed by atoms with Gasteiger partial charge in [0.25, 0.3) is 0 Å². The molecule has 0 nitrogen and oxygen atoms in total. The van der Waals surface area contributed by atoms with Crippen molar-refractivity contribution >= 4 is 0 Å². The molecule has 0 aliphatic heterocycles. The van der Waals surface area contributed by atoms with Gasteiger partial charge in [0, 0.05) is 0 Å². The third-order valence-corrected chi connectivity index (χ3v) is 2.09. The highest BCUT2D eigenvalue weighted by Crippen LogP contribution is 2.01. The molecule has 0 atom stereocenters. The van der Waals surface area contributed by atoms with Gasteiger partial charge in [-0.1, -0.05) is 113 Å². The lowest BCUT2D eigenvalue weighted by Crippen LogP contribution is -1.62. The molecule has 0 heterocycles. The molecule has 2 rings (SSSR count). The summed E-state index contributed by atoms with van der Waals surface area (Å²) in [6.07, 6.45) is 11.7. The minimum Gasteiger partial charge on any atom is -0.0807 e. The number of aryl methyl sites for hydroxylation is 1. The molecule has 0 fully saturated rings. The van der Waals surface area contributed by atoms with E-state index in [1.54, 1.807) is 0 Å². The lowest BCUT2D eigenvalue weighted by Gasteiger charge is -1.82. The molecular weight excluding hydrogens is 252 g/mol. The quantitative estimate of drug-likeness (QED) is 0.463. The van der Waals surface area contributed by atoms with E-state index in [9.17, 15) is 0 Å². The van der Waals surface area contributed by atoms with E-state index >= 15 is 0 Å². The molecule has 21 heavy (non-hydrogen) atoms. The third-order valence-electron chi connectivity index (χ3n) is 2.09. The van der Waals surface area contributed by atoms with Crippen LogP contribution in [0.5, 0.6) is 0 Å². The molecule has 0 heteroatoms. The minimum absolute atomic E-state index is 1.08. The molecule has 0 aromatic heterocycles. The Bertz CT molecular complexity index is 353. The number of benzene rings is 1. The van der Waals surface area contributed by atoms with Gasteiger partial charge < -0.3 is 0 Å². The maximum absolute atomic E-state index is 2.16. The van der Waals surface area contributed by atoms with Crippen LogP contribution in [0, 0.1) is 6.92 Å². The summed E-state index contributed by atoms with van der Waals surface area (Å²) in [5.41, 5.74) is 2.65. The largest absolute Gasteiger partial charge is 0.0807 e. The summed E-state index contributed by atoms with van der Waals surface area (Å²) in [6, 6.07) is 10.3. The van der Waals surface area contributed by atoms with Crippen LogP contribution >= 0.6 is 0 Å². The topological polar surface area (TPSA) is 0 Å². The van der Waals surface area contributed by atoms with Crippen LogP contribution in [0.2, 0.25) is 0 Å². The van der Waals surface area contributed by atoms with Crippen molar-refractivity contribution < 1.29 is 0 Å². The molecule has 0 bridgehead atoms. The van der Waals surface area contributed by atoms with E-state index in [2.05, 4.69) is 56.4 Å². The third kappa shape index (κ3) is 20.9. The minimum atomic E-state index is 1.08. The molecule has 0 radical (unpaired) electrons. The van der Waals surface area contributed by atoms with Gasteiger partial charge in [-0.2, -0.15) is 0 Å². The second-order valence-corrected chi connectivity index (χ2v) is 3.63. The Kier molecular flexibility index (Phi) is 27.4. The highest BCUT2D eigenvalue weighted by Gasteiger charge is 1.80. The first-order valence-corrected chi connectivity index (χ1v) is 8.30. The van der Waals surface area contributed by atoms with E-state index in [4.69, 9.17) is 0 Å². The molecule has 0 N–H and O–H groups in total. The van der Waals surface area contributed by atoms with Gasteiger partial charge in [-0.15, -0.1) is 0 Å². The molecule has 0 spiro atoms. The fourth-order valence-corrected chi connectivity index (χ4v) is 1.22. The van der Waals surface area contributed by atoms with E-state index in [0.717, 1.165) is 6.42 Å². The average molecular weight is 289 g/mol. The standard InChI is InChI=1S/C8H10.C7H8.3C2H6/c1-8-6-4-2-3-5-7-8;1-7-5-3-2-4-6-7;3*1-2/h2,4-7H,3H2,1H3;2-6H,1H3;3*1-2H3. The summed E-state index contributed by atoms with van der Waals surface area (Å²) in [5.74, 6) is 0. The zero-order valence-corrected chi connectivity index (χ0v) is 15.5. The number of allylic oxidation sites excluding steroid dienone is 6. The Labute approximate surface area is 134 Å². The molecule has 1 aromatic rings. The monoisotopic (exact) mass is 288 g/mol. The van der Waals surface area contributed by atoms with E-state index in [0.29, 0.717) is 0 Å². The molecule has 1 aromatic carbocycles. The predicted octanol–water partition coefficient (Wildman–Crippen LogP) is 7.52. The van der Waals surface area contributed by atoms with Gasteiger partial charge in [0.1, 0.15) is 0 Å². The van der Waals surface area contributed by atoms with Gasteiger partial charge in [-0.25, -0.2) is 0 Å². The fourth-order valence-electron chi connectivity index (χ4n) is 1.22. The zero-order chi connectivity index (χ0) is 16.9. The Morgan fingerprint density at radius 1 is 0.714 bits per heavy atom. The van der Waals surface area contributed by atoms with Crippen LogP contribution in [0.25, 0.3) is 0 Å². The molecular formula is C21H36. The first-order valence-electron chi connectivity index (χ1n) is 8.30. The van der Waals surface area contributed by atoms with Crippen LogP contribution in [-0.4, -0.2) is 0 Å². The first kappa shape index (κ1) is 24.5. The van der Waals surface area contributed by atoms with Crippen LogP contribution in [0.15, 0.2) is 66.3 Å². The second kappa shape index (κ2) is 23.5. The number of hydrogen-bond acceptors (Lipinski definition) is 0. The van der Waals surface area contributed by atoms with Gasteiger partial charge in [0.2, 0.25) is 0 Å². The molecule has 0 saturated carbocycles. The normalized spacial score (nSPS) is 10.6. The molecule has 0 amide bonds. The van der Waals surface area contributed by atoms with Crippen molar-refractivity contribution in [1.29, 1.82) is 0 Å².